The summed E-state index contributed by atoms with van der Waals surface area (Å²) in [6.45, 7) is 6.31. The molecular formula is C22H27N3O2. The van der Waals surface area contributed by atoms with Gasteiger partial charge in [0.25, 0.3) is 5.91 Å². The topological polar surface area (TPSA) is 52.6 Å². The Kier molecular flexibility index (Phi) is 6.60. The first kappa shape index (κ1) is 19.1. The van der Waals surface area contributed by atoms with Gasteiger partial charge in [-0.3, -0.25) is 9.59 Å². The molecule has 5 nitrogen and oxygen atoms in total. The molecule has 0 unspecified atom stereocenters. The molecular weight excluding hydrogens is 338 g/mol. The first-order valence-corrected chi connectivity index (χ1v) is 9.58. The van der Waals surface area contributed by atoms with E-state index in [0.29, 0.717) is 25.1 Å². The second-order valence-corrected chi connectivity index (χ2v) is 6.84. The van der Waals surface area contributed by atoms with Gasteiger partial charge in [0.05, 0.1) is 0 Å². The molecule has 1 heterocycles. The van der Waals surface area contributed by atoms with E-state index >= 15 is 0 Å². The minimum absolute atomic E-state index is 0.00103. The van der Waals surface area contributed by atoms with Crippen LogP contribution in [-0.4, -0.2) is 60.4 Å². The minimum Gasteiger partial charge on any atom is -0.340 e. The third kappa shape index (κ3) is 5.17. The number of hydrogen-bond donors (Lipinski definition) is 1. The average molecular weight is 365 g/mol. The second kappa shape index (κ2) is 9.33. The molecule has 1 N–H and O–H groups in total. The number of nitrogens with zero attached hydrogens (tertiary/aromatic N) is 2. The van der Waals surface area contributed by atoms with Gasteiger partial charge in [0, 0.05) is 38.2 Å². The predicted octanol–water partition coefficient (Wildman–Crippen LogP) is 2.19. The highest BCUT2D eigenvalue weighted by Gasteiger charge is 2.28. The van der Waals surface area contributed by atoms with Crippen molar-refractivity contribution < 1.29 is 9.59 Å². The highest BCUT2D eigenvalue weighted by Crippen LogP contribution is 2.10. The van der Waals surface area contributed by atoms with Gasteiger partial charge in [0.15, 0.2) is 0 Å². The largest absolute Gasteiger partial charge is 0.340 e. The van der Waals surface area contributed by atoms with Crippen LogP contribution in [0.5, 0.6) is 0 Å². The average Bonchev–Trinajstić information content (AvgIpc) is 2.74. The predicted molar refractivity (Wildman–Crippen MR) is 107 cm³/mol. The number of likely N-dealkylation sites (N-methyl/N-ethyl adjacent to an activating group) is 1. The Hall–Kier alpha value is -2.66. The SMILES string of the molecule is CCN1CCN(C(=O)[C@@H](Cc2ccccc2)NC(=O)c2ccccc2)CC1. The molecule has 1 aliphatic rings. The van der Waals surface area contributed by atoms with Gasteiger partial charge < -0.3 is 15.1 Å². The maximum atomic E-state index is 13.2. The summed E-state index contributed by atoms with van der Waals surface area (Å²) >= 11 is 0. The van der Waals surface area contributed by atoms with Crippen molar-refractivity contribution in [3.8, 4) is 0 Å². The zero-order valence-corrected chi connectivity index (χ0v) is 15.8. The Morgan fingerprint density at radius 1 is 0.926 bits per heavy atom. The monoisotopic (exact) mass is 365 g/mol. The van der Waals surface area contributed by atoms with E-state index in [1.54, 1.807) is 12.1 Å². The van der Waals surface area contributed by atoms with Crippen molar-refractivity contribution in [3.05, 3.63) is 71.8 Å². The van der Waals surface area contributed by atoms with E-state index in [-0.39, 0.29) is 11.8 Å². The summed E-state index contributed by atoms with van der Waals surface area (Å²) in [5.74, 6) is -0.212. The number of nitrogens with one attached hydrogen (secondary N) is 1. The van der Waals surface area contributed by atoms with Crippen LogP contribution < -0.4 is 5.32 Å². The maximum absolute atomic E-state index is 13.2. The zero-order valence-electron chi connectivity index (χ0n) is 15.8. The van der Waals surface area contributed by atoms with Crippen LogP contribution >= 0.6 is 0 Å². The van der Waals surface area contributed by atoms with Gasteiger partial charge in [0.1, 0.15) is 6.04 Å². The summed E-state index contributed by atoms with van der Waals surface area (Å²) < 4.78 is 0. The summed E-state index contributed by atoms with van der Waals surface area (Å²) in [6.07, 6.45) is 0.492. The molecule has 0 spiro atoms. The van der Waals surface area contributed by atoms with Gasteiger partial charge in [-0.05, 0) is 24.2 Å². The lowest BCUT2D eigenvalue weighted by atomic mass is 10.0. The Morgan fingerprint density at radius 2 is 1.52 bits per heavy atom. The first-order valence-electron chi connectivity index (χ1n) is 9.58. The molecule has 3 rings (SSSR count). The van der Waals surface area contributed by atoms with E-state index < -0.39 is 6.04 Å². The van der Waals surface area contributed by atoms with Gasteiger partial charge in [-0.15, -0.1) is 0 Å². The standard InChI is InChI=1S/C22H27N3O2/c1-2-24-13-15-25(16-14-24)22(27)20(17-18-9-5-3-6-10-18)23-21(26)19-11-7-4-8-12-19/h3-12,20H,2,13-17H2,1H3,(H,23,26)/t20-/m1/s1. The van der Waals surface area contributed by atoms with Gasteiger partial charge in [-0.1, -0.05) is 55.5 Å². The molecule has 1 saturated heterocycles. The first-order chi connectivity index (χ1) is 13.2. The van der Waals surface area contributed by atoms with Crippen LogP contribution in [0.15, 0.2) is 60.7 Å². The van der Waals surface area contributed by atoms with Crippen molar-refractivity contribution in [2.24, 2.45) is 0 Å². The number of benzene rings is 2. The molecule has 0 radical (unpaired) electrons. The molecule has 1 atom stereocenters. The number of carbonyl (C=O) groups is 2. The van der Waals surface area contributed by atoms with E-state index in [9.17, 15) is 9.59 Å². The van der Waals surface area contributed by atoms with E-state index in [4.69, 9.17) is 0 Å². The molecule has 0 aromatic heterocycles. The fourth-order valence-electron chi connectivity index (χ4n) is 3.39. The van der Waals surface area contributed by atoms with Crippen LogP contribution in [0.3, 0.4) is 0 Å². The molecule has 142 valence electrons. The molecule has 0 saturated carbocycles. The van der Waals surface area contributed by atoms with Crippen LogP contribution in [0.2, 0.25) is 0 Å². The lowest BCUT2D eigenvalue weighted by molar-refractivity contribution is -0.135. The van der Waals surface area contributed by atoms with Crippen molar-refractivity contribution in [1.29, 1.82) is 0 Å². The summed E-state index contributed by atoms with van der Waals surface area (Å²) in [4.78, 5) is 30.0. The van der Waals surface area contributed by atoms with Crippen LogP contribution in [0, 0.1) is 0 Å². The molecule has 1 fully saturated rings. The van der Waals surface area contributed by atoms with Crippen molar-refractivity contribution >= 4 is 11.8 Å². The Balaban J connectivity index is 1.73. The minimum atomic E-state index is -0.562. The Morgan fingerprint density at radius 3 is 2.11 bits per heavy atom. The smallest absolute Gasteiger partial charge is 0.251 e. The summed E-state index contributed by atoms with van der Waals surface area (Å²) in [5, 5.41) is 2.96. The van der Waals surface area contributed by atoms with Gasteiger partial charge >= 0.3 is 0 Å². The highest BCUT2D eigenvalue weighted by molar-refractivity contribution is 5.97. The molecule has 5 heteroatoms. The van der Waals surface area contributed by atoms with E-state index in [2.05, 4.69) is 17.1 Å². The van der Waals surface area contributed by atoms with E-state index in [0.717, 1.165) is 25.2 Å². The number of rotatable bonds is 6. The third-order valence-corrected chi connectivity index (χ3v) is 5.05. The quantitative estimate of drug-likeness (QED) is 0.854. The second-order valence-electron chi connectivity index (χ2n) is 6.84. The van der Waals surface area contributed by atoms with Gasteiger partial charge in [0.2, 0.25) is 5.91 Å². The molecule has 0 aliphatic carbocycles. The Bertz CT molecular complexity index is 741. The molecule has 27 heavy (non-hydrogen) atoms. The Labute approximate surface area is 161 Å². The maximum Gasteiger partial charge on any atom is 0.251 e. The van der Waals surface area contributed by atoms with Crippen LogP contribution in [0.4, 0.5) is 0 Å². The molecule has 0 bridgehead atoms. The van der Waals surface area contributed by atoms with Gasteiger partial charge in [-0.2, -0.15) is 0 Å². The number of piperazine rings is 1. The van der Waals surface area contributed by atoms with Crippen LogP contribution in [0.25, 0.3) is 0 Å². The lowest BCUT2D eigenvalue weighted by Crippen LogP contribution is -2.55. The number of amides is 2. The molecule has 2 aromatic carbocycles. The van der Waals surface area contributed by atoms with E-state index in [1.807, 2.05) is 53.4 Å². The lowest BCUT2D eigenvalue weighted by Gasteiger charge is -2.36. The third-order valence-electron chi connectivity index (χ3n) is 5.05. The van der Waals surface area contributed by atoms with Crippen LogP contribution in [0.1, 0.15) is 22.8 Å². The zero-order chi connectivity index (χ0) is 19.1. The fourth-order valence-corrected chi connectivity index (χ4v) is 3.39. The van der Waals surface area contributed by atoms with Gasteiger partial charge in [-0.25, -0.2) is 0 Å². The van der Waals surface area contributed by atoms with Crippen LogP contribution in [-0.2, 0) is 11.2 Å². The van der Waals surface area contributed by atoms with E-state index in [1.165, 1.54) is 0 Å². The fraction of sp³-hybridized carbons (Fsp3) is 0.364. The van der Waals surface area contributed by atoms with Crippen molar-refractivity contribution in [2.75, 3.05) is 32.7 Å². The van der Waals surface area contributed by atoms with Crippen molar-refractivity contribution in [1.82, 2.24) is 15.1 Å². The molecule has 1 aliphatic heterocycles. The number of carbonyl (C=O) groups excluding carboxylic acids is 2. The highest BCUT2D eigenvalue weighted by atomic mass is 16.2. The molecule has 2 aromatic rings. The summed E-state index contributed by atoms with van der Waals surface area (Å²) in [5.41, 5.74) is 1.61. The van der Waals surface area contributed by atoms with Crippen molar-refractivity contribution in [3.63, 3.8) is 0 Å². The molecule has 2 amide bonds. The normalized spacial score (nSPS) is 16.0. The summed E-state index contributed by atoms with van der Waals surface area (Å²) in [6, 6.07) is 18.3. The summed E-state index contributed by atoms with van der Waals surface area (Å²) in [7, 11) is 0. The van der Waals surface area contributed by atoms with Crippen molar-refractivity contribution in [2.45, 2.75) is 19.4 Å². The number of hydrogen-bond acceptors (Lipinski definition) is 3.